The molecule has 0 aliphatic heterocycles. The molecule has 1 atom stereocenters. The van der Waals surface area contributed by atoms with Crippen LogP contribution in [0.5, 0.6) is 0 Å². The Balaban J connectivity index is 1.62. The van der Waals surface area contributed by atoms with Gasteiger partial charge in [0.2, 0.25) is 5.91 Å². The molecule has 3 aromatic rings. The van der Waals surface area contributed by atoms with Gasteiger partial charge in [0.05, 0.1) is 11.4 Å². The van der Waals surface area contributed by atoms with Crippen molar-refractivity contribution in [2.75, 3.05) is 5.32 Å². The lowest BCUT2D eigenvalue weighted by Crippen LogP contribution is -2.24. The first-order valence-corrected chi connectivity index (χ1v) is 8.12. The van der Waals surface area contributed by atoms with E-state index in [1.807, 2.05) is 18.2 Å². The van der Waals surface area contributed by atoms with Crippen molar-refractivity contribution in [3.8, 4) is 0 Å². The predicted octanol–water partition coefficient (Wildman–Crippen LogP) is 3.19. The van der Waals surface area contributed by atoms with Crippen molar-refractivity contribution in [3.63, 3.8) is 0 Å². The van der Waals surface area contributed by atoms with E-state index in [2.05, 4.69) is 11.4 Å². The number of hydrogen-bond acceptors (Lipinski definition) is 3. The normalized spacial score (nSPS) is 16.8. The SMILES string of the molecule is Cn1c(=O)oc2cc(NC(=O)[C@@H]3CCCc4ccccc43)ccc21. The second-order valence-electron chi connectivity index (χ2n) is 6.24. The molecular weight excluding hydrogens is 304 g/mol. The quantitative estimate of drug-likeness (QED) is 0.788. The fraction of sp³-hybridized carbons (Fsp3) is 0.263. The number of oxazole rings is 1. The van der Waals surface area contributed by atoms with Crippen LogP contribution in [0.15, 0.2) is 51.7 Å². The van der Waals surface area contributed by atoms with E-state index in [1.165, 1.54) is 10.1 Å². The fourth-order valence-electron chi connectivity index (χ4n) is 3.47. The third kappa shape index (κ3) is 2.42. The van der Waals surface area contributed by atoms with Crippen LogP contribution in [0.25, 0.3) is 11.1 Å². The van der Waals surface area contributed by atoms with Gasteiger partial charge in [0.15, 0.2) is 5.58 Å². The zero-order valence-electron chi connectivity index (χ0n) is 13.4. The maximum absolute atomic E-state index is 12.7. The van der Waals surface area contributed by atoms with Crippen molar-refractivity contribution in [2.24, 2.45) is 7.05 Å². The number of hydrogen-bond donors (Lipinski definition) is 1. The number of carbonyl (C=O) groups excluding carboxylic acids is 1. The van der Waals surface area contributed by atoms with Crippen LogP contribution in [0.2, 0.25) is 0 Å². The molecule has 0 fully saturated rings. The fourth-order valence-corrected chi connectivity index (χ4v) is 3.47. The summed E-state index contributed by atoms with van der Waals surface area (Å²) in [6, 6.07) is 13.4. The van der Waals surface area contributed by atoms with Gasteiger partial charge in [-0.1, -0.05) is 24.3 Å². The third-order valence-corrected chi connectivity index (χ3v) is 4.75. The highest BCUT2D eigenvalue weighted by Crippen LogP contribution is 2.32. The first-order valence-electron chi connectivity index (χ1n) is 8.12. The topological polar surface area (TPSA) is 64.2 Å². The van der Waals surface area contributed by atoms with E-state index in [0.717, 1.165) is 24.8 Å². The summed E-state index contributed by atoms with van der Waals surface area (Å²) in [5.41, 5.74) is 4.21. The van der Waals surface area contributed by atoms with Crippen LogP contribution in [0.4, 0.5) is 5.69 Å². The Morgan fingerprint density at radius 3 is 2.96 bits per heavy atom. The van der Waals surface area contributed by atoms with Crippen LogP contribution in [-0.4, -0.2) is 10.5 Å². The lowest BCUT2D eigenvalue weighted by atomic mass is 9.82. The van der Waals surface area contributed by atoms with Crippen LogP contribution < -0.4 is 11.1 Å². The summed E-state index contributed by atoms with van der Waals surface area (Å²) < 4.78 is 6.62. The summed E-state index contributed by atoms with van der Waals surface area (Å²) in [7, 11) is 1.66. The van der Waals surface area contributed by atoms with Gasteiger partial charge < -0.3 is 9.73 Å². The van der Waals surface area contributed by atoms with Gasteiger partial charge in [0.1, 0.15) is 0 Å². The standard InChI is InChI=1S/C19H18N2O3/c1-21-16-10-9-13(11-17(16)24-19(21)23)20-18(22)15-8-4-6-12-5-2-3-7-14(12)15/h2-3,5,7,9-11,15H,4,6,8H2,1H3,(H,20,22)/t15-/m1/s1. The molecule has 1 heterocycles. The van der Waals surface area contributed by atoms with Crippen LogP contribution in [0.1, 0.15) is 29.9 Å². The maximum atomic E-state index is 12.7. The highest BCUT2D eigenvalue weighted by Gasteiger charge is 2.26. The molecular formula is C19H18N2O3. The highest BCUT2D eigenvalue weighted by atomic mass is 16.4. The number of anilines is 1. The smallest absolute Gasteiger partial charge is 0.408 e. The number of nitrogens with zero attached hydrogens (tertiary/aromatic N) is 1. The largest absolute Gasteiger partial charge is 0.419 e. The van der Waals surface area contributed by atoms with E-state index < -0.39 is 5.76 Å². The molecule has 5 heteroatoms. The molecule has 0 radical (unpaired) electrons. The Labute approximate surface area is 138 Å². The molecule has 0 spiro atoms. The molecule has 5 nitrogen and oxygen atoms in total. The Bertz CT molecular complexity index is 984. The number of benzene rings is 2. The van der Waals surface area contributed by atoms with E-state index in [0.29, 0.717) is 16.8 Å². The van der Waals surface area contributed by atoms with Crippen molar-refractivity contribution in [1.29, 1.82) is 0 Å². The number of fused-ring (bicyclic) bond motifs is 2. The number of rotatable bonds is 2. The monoisotopic (exact) mass is 322 g/mol. The number of amides is 1. The van der Waals surface area contributed by atoms with Crippen LogP contribution in [-0.2, 0) is 18.3 Å². The first-order chi connectivity index (χ1) is 11.6. The molecule has 0 bridgehead atoms. The Hall–Kier alpha value is -2.82. The Kier molecular flexibility index (Phi) is 3.49. The molecule has 0 unspecified atom stereocenters. The van der Waals surface area contributed by atoms with Gasteiger partial charge in [-0.05, 0) is 42.5 Å². The molecule has 1 N–H and O–H groups in total. The van der Waals surface area contributed by atoms with Crippen molar-refractivity contribution in [3.05, 3.63) is 64.1 Å². The van der Waals surface area contributed by atoms with Crippen LogP contribution in [0, 0.1) is 0 Å². The molecule has 1 aliphatic carbocycles. The first kappa shape index (κ1) is 14.8. The minimum Gasteiger partial charge on any atom is -0.408 e. The molecule has 0 saturated carbocycles. The summed E-state index contributed by atoms with van der Waals surface area (Å²) in [6.45, 7) is 0. The van der Waals surface area contributed by atoms with Crippen LogP contribution >= 0.6 is 0 Å². The lowest BCUT2D eigenvalue weighted by Gasteiger charge is -2.24. The van der Waals surface area contributed by atoms with Gasteiger partial charge in [-0.2, -0.15) is 0 Å². The maximum Gasteiger partial charge on any atom is 0.419 e. The molecule has 1 aromatic heterocycles. The van der Waals surface area contributed by atoms with Crippen molar-refractivity contribution < 1.29 is 9.21 Å². The summed E-state index contributed by atoms with van der Waals surface area (Å²) in [4.78, 5) is 24.3. The number of aromatic nitrogens is 1. The summed E-state index contributed by atoms with van der Waals surface area (Å²) in [5.74, 6) is -0.553. The average Bonchev–Trinajstić information content (AvgIpc) is 2.88. The van der Waals surface area contributed by atoms with Gasteiger partial charge in [-0.3, -0.25) is 9.36 Å². The molecule has 4 rings (SSSR count). The lowest BCUT2D eigenvalue weighted by molar-refractivity contribution is -0.117. The summed E-state index contributed by atoms with van der Waals surface area (Å²) in [6.07, 6.45) is 2.90. The second-order valence-corrected chi connectivity index (χ2v) is 6.24. The van der Waals surface area contributed by atoms with E-state index in [4.69, 9.17) is 4.42 Å². The molecule has 1 aliphatic rings. The molecule has 2 aromatic carbocycles. The van der Waals surface area contributed by atoms with Crippen molar-refractivity contribution >= 4 is 22.7 Å². The average molecular weight is 322 g/mol. The molecule has 122 valence electrons. The van der Waals surface area contributed by atoms with E-state index in [-0.39, 0.29) is 11.8 Å². The minimum atomic E-state index is -0.408. The summed E-state index contributed by atoms with van der Waals surface area (Å²) >= 11 is 0. The molecule has 0 saturated heterocycles. The Morgan fingerprint density at radius 2 is 2.08 bits per heavy atom. The Morgan fingerprint density at radius 1 is 1.25 bits per heavy atom. The van der Waals surface area contributed by atoms with Gasteiger partial charge in [0.25, 0.3) is 0 Å². The molecule has 24 heavy (non-hydrogen) atoms. The van der Waals surface area contributed by atoms with Crippen molar-refractivity contribution in [2.45, 2.75) is 25.2 Å². The molecule has 1 amide bonds. The summed E-state index contributed by atoms with van der Waals surface area (Å²) in [5, 5.41) is 2.96. The third-order valence-electron chi connectivity index (χ3n) is 4.75. The predicted molar refractivity (Wildman–Crippen MR) is 92.2 cm³/mol. The highest BCUT2D eigenvalue weighted by molar-refractivity contribution is 5.97. The number of carbonyl (C=O) groups is 1. The van der Waals surface area contributed by atoms with Gasteiger partial charge >= 0.3 is 5.76 Å². The van der Waals surface area contributed by atoms with Gasteiger partial charge in [0, 0.05) is 18.8 Å². The zero-order chi connectivity index (χ0) is 16.7. The second kappa shape index (κ2) is 5.67. The van der Waals surface area contributed by atoms with E-state index in [9.17, 15) is 9.59 Å². The van der Waals surface area contributed by atoms with E-state index >= 15 is 0 Å². The minimum absolute atomic E-state index is 0.0141. The number of aryl methyl sites for hydroxylation is 2. The van der Waals surface area contributed by atoms with E-state index in [1.54, 1.807) is 25.2 Å². The van der Waals surface area contributed by atoms with Gasteiger partial charge in [-0.25, -0.2) is 4.79 Å². The van der Waals surface area contributed by atoms with Crippen molar-refractivity contribution in [1.82, 2.24) is 4.57 Å². The van der Waals surface area contributed by atoms with Crippen LogP contribution in [0.3, 0.4) is 0 Å². The zero-order valence-corrected chi connectivity index (χ0v) is 13.4. The number of nitrogens with one attached hydrogen (secondary N) is 1. The van der Waals surface area contributed by atoms with Gasteiger partial charge in [-0.15, -0.1) is 0 Å².